The summed E-state index contributed by atoms with van der Waals surface area (Å²) in [5.74, 6) is -0.218. The highest BCUT2D eigenvalue weighted by Gasteiger charge is 2.53. The Balaban J connectivity index is 1.97. The Morgan fingerprint density at radius 1 is 1.00 bits per heavy atom. The van der Waals surface area contributed by atoms with Gasteiger partial charge in [-0.05, 0) is 19.1 Å². The predicted octanol–water partition coefficient (Wildman–Crippen LogP) is 2.72. The van der Waals surface area contributed by atoms with Crippen molar-refractivity contribution in [2.45, 2.75) is 12.5 Å². The van der Waals surface area contributed by atoms with Crippen LogP contribution in [-0.2, 0) is 10.3 Å². The number of aromatic nitrogens is 1. The second-order valence-corrected chi connectivity index (χ2v) is 6.04. The summed E-state index contributed by atoms with van der Waals surface area (Å²) in [5, 5.41) is 6.81. The van der Waals surface area contributed by atoms with Crippen LogP contribution in [0.25, 0.3) is 10.9 Å². The molecule has 1 unspecified atom stereocenters. The third-order valence-electron chi connectivity index (χ3n) is 4.83. The van der Waals surface area contributed by atoms with Crippen molar-refractivity contribution in [2.75, 3.05) is 5.32 Å². The van der Waals surface area contributed by atoms with Crippen LogP contribution in [0.1, 0.15) is 16.8 Å². The molecule has 0 radical (unpaired) electrons. The minimum Gasteiger partial charge on any atom is -0.323 e. The van der Waals surface area contributed by atoms with Gasteiger partial charge in [0.15, 0.2) is 5.54 Å². The Morgan fingerprint density at radius 2 is 1.78 bits per heavy atom. The highest BCUT2D eigenvalue weighted by atomic mass is 16.2. The molecule has 0 saturated heterocycles. The fourth-order valence-corrected chi connectivity index (χ4v) is 3.89. The molecule has 5 nitrogen and oxygen atoms in total. The highest BCUT2D eigenvalue weighted by Crippen LogP contribution is 2.45. The van der Waals surface area contributed by atoms with Gasteiger partial charge in [-0.3, -0.25) is 9.36 Å². The average Bonchev–Trinajstić information content (AvgIpc) is 3.01. The van der Waals surface area contributed by atoms with Crippen LogP contribution in [0.4, 0.5) is 10.5 Å². The van der Waals surface area contributed by atoms with Gasteiger partial charge in [-0.25, -0.2) is 4.79 Å². The summed E-state index contributed by atoms with van der Waals surface area (Å²) in [7, 11) is 0. The zero-order valence-electron chi connectivity index (χ0n) is 12.4. The van der Waals surface area contributed by atoms with Gasteiger partial charge in [0.1, 0.15) is 0 Å². The Hall–Kier alpha value is -3.08. The normalized spacial score (nSPS) is 21.4. The lowest BCUT2D eigenvalue weighted by Crippen LogP contribution is -2.55. The third kappa shape index (κ3) is 1.29. The number of anilines is 1. The summed E-state index contributed by atoms with van der Waals surface area (Å²) < 4.78 is 1.64. The molecule has 5 heteroatoms. The van der Waals surface area contributed by atoms with E-state index >= 15 is 0 Å². The SMILES string of the molecule is Cc1cc2cccc3c2n1C(=O)NC31C(=O)Nc2ccccc21. The van der Waals surface area contributed by atoms with Crippen LogP contribution in [0.5, 0.6) is 0 Å². The molecule has 3 heterocycles. The maximum atomic E-state index is 12.9. The van der Waals surface area contributed by atoms with Crippen molar-refractivity contribution in [1.29, 1.82) is 0 Å². The van der Waals surface area contributed by atoms with Gasteiger partial charge in [0, 0.05) is 27.9 Å². The fraction of sp³-hybridized carbons (Fsp3) is 0.111. The van der Waals surface area contributed by atoms with E-state index in [1.54, 1.807) is 4.57 Å². The second kappa shape index (κ2) is 3.81. The van der Waals surface area contributed by atoms with Gasteiger partial charge < -0.3 is 10.6 Å². The molecule has 0 fully saturated rings. The van der Waals surface area contributed by atoms with Crippen LogP contribution in [0.3, 0.4) is 0 Å². The first-order valence-corrected chi connectivity index (χ1v) is 7.48. The van der Waals surface area contributed by atoms with Crippen LogP contribution in [-0.4, -0.2) is 16.5 Å². The number of nitrogens with zero attached hydrogens (tertiary/aromatic N) is 1. The summed E-state index contributed by atoms with van der Waals surface area (Å²) >= 11 is 0. The molecule has 2 aliphatic heterocycles. The monoisotopic (exact) mass is 303 g/mol. The average molecular weight is 303 g/mol. The lowest BCUT2D eigenvalue weighted by atomic mass is 9.82. The molecule has 5 rings (SSSR count). The molecule has 2 amide bonds. The number of rotatable bonds is 0. The molecule has 0 saturated carbocycles. The molecule has 1 atom stereocenters. The minimum atomic E-state index is -1.16. The number of fused-ring (bicyclic) bond motifs is 3. The smallest absolute Gasteiger partial charge is 0.323 e. The lowest BCUT2D eigenvalue weighted by molar-refractivity contribution is -0.120. The first-order chi connectivity index (χ1) is 11.1. The molecule has 0 aliphatic carbocycles. The molecular weight excluding hydrogens is 290 g/mol. The highest BCUT2D eigenvalue weighted by molar-refractivity contribution is 6.14. The first-order valence-electron chi connectivity index (χ1n) is 7.48. The maximum Gasteiger partial charge on any atom is 0.327 e. The molecule has 3 aromatic rings. The van der Waals surface area contributed by atoms with E-state index in [0.29, 0.717) is 0 Å². The van der Waals surface area contributed by atoms with Gasteiger partial charge in [-0.2, -0.15) is 0 Å². The summed E-state index contributed by atoms with van der Waals surface area (Å²) in [6.07, 6.45) is 0. The minimum absolute atomic E-state index is 0.218. The second-order valence-electron chi connectivity index (χ2n) is 6.04. The number of para-hydroxylation sites is 2. The number of hydrogen-bond donors (Lipinski definition) is 2. The third-order valence-corrected chi connectivity index (χ3v) is 4.83. The Morgan fingerprint density at radius 3 is 2.65 bits per heavy atom. The molecule has 2 aliphatic rings. The fourth-order valence-electron chi connectivity index (χ4n) is 3.89. The molecule has 2 N–H and O–H groups in total. The largest absolute Gasteiger partial charge is 0.327 e. The van der Waals surface area contributed by atoms with E-state index in [2.05, 4.69) is 10.6 Å². The van der Waals surface area contributed by atoms with Crippen LogP contribution < -0.4 is 10.6 Å². The van der Waals surface area contributed by atoms with E-state index < -0.39 is 5.54 Å². The quantitative estimate of drug-likeness (QED) is 0.671. The number of aryl methyl sites for hydroxylation is 1. The lowest BCUT2D eigenvalue weighted by Gasteiger charge is -2.34. The van der Waals surface area contributed by atoms with E-state index in [-0.39, 0.29) is 11.9 Å². The van der Waals surface area contributed by atoms with Crippen LogP contribution in [0.15, 0.2) is 48.5 Å². The van der Waals surface area contributed by atoms with E-state index in [9.17, 15) is 9.59 Å². The number of benzene rings is 2. The van der Waals surface area contributed by atoms with Gasteiger partial charge in [-0.1, -0.05) is 36.4 Å². The predicted molar refractivity (Wildman–Crippen MR) is 86.5 cm³/mol. The van der Waals surface area contributed by atoms with Gasteiger partial charge in [0.05, 0.1) is 5.52 Å². The van der Waals surface area contributed by atoms with Crippen molar-refractivity contribution in [3.8, 4) is 0 Å². The van der Waals surface area contributed by atoms with E-state index in [1.165, 1.54) is 0 Å². The van der Waals surface area contributed by atoms with Crippen molar-refractivity contribution < 1.29 is 9.59 Å². The van der Waals surface area contributed by atoms with E-state index in [4.69, 9.17) is 0 Å². The molecule has 23 heavy (non-hydrogen) atoms. The zero-order valence-corrected chi connectivity index (χ0v) is 12.4. The Kier molecular flexibility index (Phi) is 2.07. The summed E-state index contributed by atoms with van der Waals surface area (Å²) in [5.41, 5.74) is 2.84. The number of nitrogens with one attached hydrogen (secondary N) is 2. The number of hydrogen-bond acceptors (Lipinski definition) is 2. The van der Waals surface area contributed by atoms with Crippen molar-refractivity contribution >= 4 is 28.5 Å². The molecule has 1 aromatic heterocycles. The number of amides is 2. The Bertz CT molecular complexity index is 1030. The summed E-state index contributed by atoms with van der Waals surface area (Å²) in [6, 6.07) is 15.0. The van der Waals surface area contributed by atoms with E-state index in [1.807, 2.05) is 55.5 Å². The van der Waals surface area contributed by atoms with Crippen LogP contribution in [0, 0.1) is 6.92 Å². The molecular formula is C18H13N3O2. The summed E-state index contributed by atoms with van der Waals surface area (Å²) in [4.78, 5) is 25.6. The van der Waals surface area contributed by atoms with Crippen molar-refractivity contribution in [3.63, 3.8) is 0 Å². The van der Waals surface area contributed by atoms with E-state index in [0.717, 1.165) is 33.4 Å². The van der Waals surface area contributed by atoms with Crippen molar-refractivity contribution in [2.24, 2.45) is 0 Å². The van der Waals surface area contributed by atoms with Crippen LogP contribution in [0.2, 0.25) is 0 Å². The van der Waals surface area contributed by atoms with Gasteiger partial charge in [0.25, 0.3) is 5.91 Å². The summed E-state index contributed by atoms with van der Waals surface area (Å²) in [6.45, 7) is 1.89. The maximum absolute atomic E-state index is 12.9. The van der Waals surface area contributed by atoms with Crippen molar-refractivity contribution in [3.05, 3.63) is 65.4 Å². The molecule has 2 aromatic carbocycles. The number of carbonyl (C=O) groups is 2. The molecule has 0 bridgehead atoms. The zero-order chi connectivity index (χ0) is 15.8. The van der Waals surface area contributed by atoms with Crippen LogP contribution >= 0.6 is 0 Å². The standard InChI is InChI=1S/C18H13N3O2/c1-10-9-11-5-4-7-13-15(11)21(10)17(23)20-18(13)12-6-2-3-8-14(12)19-16(18)22/h2-9H,1H3,(H,19,22)(H,20,23). The first kappa shape index (κ1) is 12.5. The van der Waals surface area contributed by atoms with Crippen molar-refractivity contribution in [1.82, 2.24) is 9.88 Å². The van der Waals surface area contributed by atoms with Gasteiger partial charge in [0.2, 0.25) is 0 Å². The molecule has 1 spiro atoms. The number of carbonyl (C=O) groups excluding carboxylic acids is 2. The van der Waals surface area contributed by atoms with Gasteiger partial charge in [-0.15, -0.1) is 0 Å². The topological polar surface area (TPSA) is 63.1 Å². The Labute approximate surface area is 131 Å². The molecule has 112 valence electrons. The van der Waals surface area contributed by atoms with Gasteiger partial charge >= 0.3 is 6.03 Å².